The number of carbonyl (C=O) groups excluding carboxylic acids is 3. The summed E-state index contributed by atoms with van der Waals surface area (Å²) in [5.41, 5.74) is 4.08. The van der Waals surface area contributed by atoms with Crippen LogP contribution in [-0.4, -0.2) is 87.4 Å². The van der Waals surface area contributed by atoms with E-state index in [0.717, 1.165) is 34.2 Å². The number of rotatable bonds is 15. The number of esters is 1. The van der Waals surface area contributed by atoms with Crippen LogP contribution in [-0.2, 0) is 34.2 Å². The van der Waals surface area contributed by atoms with E-state index < -0.39 is 33.7 Å². The molecule has 5 aromatic carbocycles. The smallest absolute Gasteiger partial charge is 0.325 e. The van der Waals surface area contributed by atoms with Crippen LogP contribution in [0.25, 0.3) is 0 Å². The molecule has 4 heterocycles. The summed E-state index contributed by atoms with van der Waals surface area (Å²) >= 11 is 4.33. The van der Waals surface area contributed by atoms with Crippen molar-refractivity contribution in [2.45, 2.75) is 39.5 Å². The van der Waals surface area contributed by atoms with Gasteiger partial charge in [-0.15, -0.1) is 34.9 Å². The van der Waals surface area contributed by atoms with Crippen LogP contribution in [0.1, 0.15) is 46.0 Å². The predicted octanol–water partition coefficient (Wildman–Crippen LogP) is 7.89. The van der Waals surface area contributed by atoms with Crippen LogP contribution < -0.4 is 10.6 Å². The molecule has 320 valence electrons. The highest BCUT2D eigenvalue weighted by Gasteiger charge is 2.59. The molecule has 63 heavy (non-hydrogen) atoms. The molecule has 3 unspecified atom stereocenters. The molecule has 0 spiro atoms. The Kier molecular flexibility index (Phi) is 12.7. The molecule has 3 saturated heterocycles. The summed E-state index contributed by atoms with van der Waals surface area (Å²) in [6.45, 7) is 1.27. The molecule has 9 rings (SSSR count). The summed E-state index contributed by atoms with van der Waals surface area (Å²) in [7, 11) is 1.36. The molecular weight excluding hydrogens is 851 g/mol. The quantitative estimate of drug-likeness (QED) is 0.0345. The van der Waals surface area contributed by atoms with Gasteiger partial charge in [0.2, 0.25) is 5.91 Å². The number of amides is 2. The number of hydrogen-bond donors (Lipinski definition) is 2. The highest BCUT2D eigenvalue weighted by Crippen LogP contribution is 2.48. The Bertz CT molecular complexity index is 2410. The maximum absolute atomic E-state index is 14.6. The monoisotopic (exact) mass is 895 g/mol. The first-order valence-electron chi connectivity index (χ1n) is 20.7. The van der Waals surface area contributed by atoms with Crippen LogP contribution in [0.3, 0.4) is 0 Å². The van der Waals surface area contributed by atoms with Crippen LogP contribution in [0.2, 0.25) is 0 Å². The van der Waals surface area contributed by atoms with E-state index in [1.807, 2.05) is 115 Å². The summed E-state index contributed by atoms with van der Waals surface area (Å²) in [6.07, 6.45) is 0.160. The number of β-lactam (4-membered cyclic amide) rings is 1. The van der Waals surface area contributed by atoms with E-state index in [1.54, 1.807) is 10.3 Å². The van der Waals surface area contributed by atoms with Gasteiger partial charge < -0.3 is 29.8 Å². The number of aromatic nitrogens is 1. The molecular formula is C49H45N5O6S3. The highest BCUT2D eigenvalue weighted by atomic mass is 32.2. The Balaban J connectivity index is 0.938. The minimum absolute atomic E-state index is 0.0667. The minimum atomic E-state index is -1.06. The van der Waals surface area contributed by atoms with Gasteiger partial charge in [-0.2, -0.15) is 0 Å². The van der Waals surface area contributed by atoms with Crippen molar-refractivity contribution in [3.8, 4) is 0 Å². The van der Waals surface area contributed by atoms with Gasteiger partial charge in [0.25, 0.3) is 5.91 Å². The topological polar surface area (TPSA) is 131 Å². The van der Waals surface area contributed by atoms with E-state index in [-0.39, 0.29) is 35.1 Å². The number of thioether (sulfide) groups is 2. The number of oxime groups is 1. The molecule has 3 aliphatic rings. The second-order valence-corrected chi connectivity index (χ2v) is 19.1. The maximum Gasteiger partial charge on any atom is 0.325 e. The molecule has 6 aromatic rings. The zero-order valence-corrected chi connectivity index (χ0v) is 36.8. The summed E-state index contributed by atoms with van der Waals surface area (Å²) in [4.78, 5) is 54.5. The molecule has 0 aliphatic carbocycles. The number of fused-ring (bicyclic) bond motifs is 1. The van der Waals surface area contributed by atoms with Gasteiger partial charge in [0.1, 0.15) is 34.5 Å². The molecule has 0 radical (unpaired) electrons. The van der Waals surface area contributed by atoms with E-state index in [4.69, 9.17) is 19.3 Å². The van der Waals surface area contributed by atoms with Crippen LogP contribution in [0.15, 0.2) is 162 Å². The lowest BCUT2D eigenvalue weighted by atomic mass is 9.77. The zero-order chi connectivity index (χ0) is 43.2. The lowest BCUT2D eigenvalue weighted by Crippen LogP contribution is -2.75. The fraction of sp³-hybridized carbons (Fsp3) is 0.245. The lowest BCUT2D eigenvalue weighted by molar-refractivity contribution is -0.155. The first kappa shape index (κ1) is 42.4. The number of ether oxygens (including phenoxy) is 2. The fourth-order valence-corrected chi connectivity index (χ4v) is 12.4. The van der Waals surface area contributed by atoms with E-state index in [1.165, 1.54) is 42.0 Å². The van der Waals surface area contributed by atoms with Crippen molar-refractivity contribution in [1.29, 1.82) is 0 Å². The van der Waals surface area contributed by atoms with E-state index in [0.29, 0.717) is 24.1 Å². The predicted molar refractivity (Wildman–Crippen MR) is 249 cm³/mol. The third kappa shape index (κ3) is 8.60. The Morgan fingerprint density at radius 3 is 1.94 bits per heavy atom. The van der Waals surface area contributed by atoms with Crippen molar-refractivity contribution in [3.63, 3.8) is 0 Å². The standard InChI is InChI=1S/C49H45N5O6S3/c1-58-53-40(39-30-61-47(50-39)52-49(35-21-11-4-12-22-35,36-23-13-5-14-24-36)37-25-15-6-16-26-37)43(55)51-41-44(56)54-31-48(32-62-45(41)54,63-38-27-28-59-29-38)46(57)60-42(33-17-7-2-8-18-33)34-19-9-3-10-20-34/h2-26,30,38,41-42,45H,27-29,31-32H2,1H3,(H,50,52)(H,51,55)/t38?,41?,45-,48?/m1/s1. The number of nitrogens with zero attached hydrogens (tertiary/aromatic N) is 3. The molecule has 1 aromatic heterocycles. The van der Waals surface area contributed by atoms with Gasteiger partial charge in [-0.25, -0.2) is 4.98 Å². The van der Waals surface area contributed by atoms with Gasteiger partial charge in [0.05, 0.1) is 6.61 Å². The van der Waals surface area contributed by atoms with Gasteiger partial charge >= 0.3 is 5.97 Å². The zero-order valence-electron chi connectivity index (χ0n) is 34.4. The van der Waals surface area contributed by atoms with Crippen molar-refractivity contribution in [2.75, 3.05) is 37.9 Å². The van der Waals surface area contributed by atoms with Crippen LogP contribution in [0.4, 0.5) is 5.13 Å². The Hall–Kier alpha value is -5.93. The van der Waals surface area contributed by atoms with E-state index in [2.05, 4.69) is 52.2 Å². The van der Waals surface area contributed by atoms with Crippen LogP contribution in [0.5, 0.6) is 0 Å². The van der Waals surface area contributed by atoms with Crippen molar-refractivity contribution in [1.82, 2.24) is 15.2 Å². The highest BCUT2D eigenvalue weighted by molar-refractivity contribution is 8.05. The van der Waals surface area contributed by atoms with Crippen LogP contribution in [0, 0.1) is 0 Å². The van der Waals surface area contributed by atoms with Gasteiger partial charge in [-0.1, -0.05) is 157 Å². The summed E-state index contributed by atoms with van der Waals surface area (Å²) in [6, 6.07) is 49.0. The molecule has 0 bridgehead atoms. The van der Waals surface area contributed by atoms with Crippen molar-refractivity contribution in [2.24, 2.45) is 5.16 Å². The largest absolute Gasteiger partial charge is 0.451 e. The SMILES string of the molecule is CON=C(C(=O)NC1C(=O)N2CC(SC3CCOC3)(C(=O)OC(c3ccccc3)c3ccccc3)CS[C@H]12)c1csc(NC(c2ccccc2)(c2ccccc2)c2ccccc2)n1. The number of hydrogen-bond acceptors (Lipinski definition) is 12. The lowest BCUT2D eigenvalue weighted by Gasteiger charge is -2.54. The first-order chi connectivity index (χ1) is 30.9. The van der Waals surface area contributed by atoms with Crippen molar-refractivity contribution >= 4 is 63.5 Å². The van der Waals surface area contributed by atoms with E-state index >= 15 is 0 Å². The minimum Gasteiger partial charge on any atom is -0.451 e. The molecule has 3 aliphatic heterocycles. The average molecular weight is 896 g/mol. The van der Waals surface area contributed by atoms with Crippen LogP contribution >= 0.6 is 34.9 Å². The summed E-state index contributed by atoms with van der Waals surface area (Å²) < 4.78 is 11.1. The van der Waals surface area contributed by atoms with E-state index in [9.17, 15) is 14.4 Å². The number of carbonyl (C=O) groups is 3. The number of benzene rings is 5. The van der Waals surface area contributed by atoms with Gasteiger partial charge in [-0.05, 0) is 34.2 Å². The number of nitrogens with one attached hydrogen (secondary N) is 2. The summed E-state index contributed by atoms with van der Waals surface area (Å²) in [5, 5.41) is 12.7. The molecule has 2 amide bonds. The Labute approximate surface area is 378 Å². The van der Waals surface area contributed by atoms with Gasteiger partial charge in [0.15, 0.2) is 16.9 Å². The number of anilines is 1. The first-order valence-corrected chi connectivity index (χ1v) is 23.5. The molecule has 11 nitrogen and oxygen atoms in total. The molecule has 0 saturated carbocycles. The number of thiazole rings is 1. The molecule has 3 fully saturated rings. The third-order valence-electron chi connectivity index (χ3n) is 11.5. The summed E-state index contributed by atoms with van der Waals surface area (Å²) in [5.74, 6) is -0.910. The molecule has 4 atom stereocenters. The van der Waals surface area contributed by atoms with Crippen molar-refractivity contribution < 1.29 is 28.7 Å². The Morgan fingerprint density at radius 1 is 0.857 bits per heavy atom. The average Bonchev–Trinajstić information content (AvgIpc) is 4.04. The molecule has 2 N–H and O–H groups in total. The second-order valence-electron chi connectivity index (χ2n) is 15.5. The Morgan fingerprint density at radius 2 is 1.41 bits per heavy atom. The maximum atomic E-state index is 14.6. The van der Waals surface area contributed by atoms with Crippen molar-refractivity contribution in [3.05, 3.63) is 191 Å². The molecule has 14 heteroatoms. The third-order valence-corrected chi connectivity index (χ3v) is 15.5. The second kappa shape index (κ2) is 18.8. The normalized spacial score (nSPS) is 21.0. The van der Waals surface area contributed by atoms with Gasteiger partial charge in [0, 0.05) is 29.5 Å². The van der Waals surface area contributed by atoms with Gasteiger partial charge in [-0.3, -0.25) is 14.4 Å². The fourth-order valence-electron chi connectivity index (χ4n) is 8.40.